The van der Waals surface area contributed by atoms with Gasteiger partial charge in [-0.05, 0) is 12.1 Å². The Labute approximate surface area is 85.8 Å². The summed E-state index contributed by atoms with van der Waals surface area (Å²) in [5.41, 5.74) is 6.26. The zero-order valence-electron chi connectivity index (χ0n) is 7.42. The van der Waals surface area contributed by atoms with Crippen LogP contribution in [0.2, 0.25) is 0 Å². The van der Waals surface area contributed by atoms with Gasteiger partial charge in [0, 0.05) is 11.6 Å². The van der Waals surface area contributed by atoms with Crippen LogP contribution in [0.3, 0.4) is 0 Å². The number of nitrogens with zero attached hydrogens (tertiary/aromatic N) is 2. The summed E-state index contributed by atoms with van der Waals surface area (Å²) < 4.78 is 0. The summed E-state index contributed by atoms with van der Waals surface area (Å²) in [4.78, 5) is 8.43. The van der Waals surface area contributed by atoms with Gasteiger partial charge in [0.05, 0.1) is 16.9 Å². The summed E-state index contributed by atoms with van der Waals surface area (Å²) in [7, 11) is 0. The molecular weight excluding hydrogens is 196 g/mol. The van der Waals surface area contributed by atoms with Gasteiger partial charge in [0.1, 0.15) is 6.04 Å². The fourth-order valence-electron chi connectivity index (χ4n) is 1.23. The summed E-state index contributed by atoms with van der Waals surface area (Å²) in [6.07, 6.45) is 1.74. The third-order valence-corrected chi connectivity index (χ3v) is 2.50. The number of hydrogen-bond donors (Lipinski definition) is 2. The lowest BCUT2D eigenvalue weighted by molar-refractivity contribution is 0.608. The molecule has 0 amide bonds. The lowest BCUT2D eigenvalue weighted by atomic mass is 10.1. The molecule has 0 saturated heterocycles. The van der Waals surface area contributed by atoms with Crippen LogP contribution in [-0.4, -0.2) is 9.97 Å². The van der Waals surface area contributed by atoms with Crippen LogP contribution >= 0.6 is 11.3 Å². The maximum Gasteiger partial charge on any atom is 0.106 e. The number of hydrazine groups is 1. The first-order valence-electron chi connectivity index (χ1n) is 4.17. The van der Waals surface area contributed by atoms with Crippen LogP contribution in [0.4, 0.5) is 0 Å². The van der Waals surface area contributed by atoms with Crippen LogP contribution in [0, 0.1) is 0 Å². The van der Waals surface area contributed by atoms with E-state index < -0.39 is 0 Å². The SMILES string of the molecule is NNC(c1ccccn1)c1cscn1. The molecular formula is C9H10N4S. The Kier molecular flexibility index (Phi) is 2.83. The molecule has 4 nitrogen and oxygen atoms in total. The average molecular weight is 206 g/mol. The number of pyridine rings is 1. The van der Waals surface area contributed by atoms with Crippen LogP contribution < -0.4 is 11.3 Å². The van der Waals surface area contributed by atoms with E-state index >= 15 is 0 Å². The minimum absolute atomic E-state index is 0.123. The molecule has 1 atom stereocenters. The van der Waals surface area contributed by atoms with Crippen LogP contribution in [0.5, 0.6) is 0 Å². The maximum atomic E-state index is 5.47. The van der Waals surface area contributed by atoms with E-state index in [0.717, 1.165) is 11.4 Å². The highest BCUT2D eigenvalue weighted by molar-refractivity contribution is 7.07. The van der Waals surface area contributed by atoms with Crippen molar-refractivity contribution in [2.24, 2.45) is 5.84 Å². The minimum Gasteiger partial charge on any atom is -0.270 e. The standard InChI is InChI=1S/C9H10N4S/c10-13-9(8-5-14-6-12-8)7-3-1-2-4-11-7/h1-6,9,13H,10H2. The molecule has 2 aromatic rings. The van der Waals surface area contributed by atoms with E-state index in [1.165, 1.54) is 0 Å². The average Bonchev–Trinajstić information content (AvgIpc) is 2.74. The molecule has 0 aliphatic heterocycles. The van der Waals surface area contributed by atoms with Gasteiger partial charge in [-0.1, -0.05) is 6.07 Å². The molecule has 2 rings (SSSR count). The Morgan fingerprint density at radius 2 is 2.21 bits per heavy atom. The zero-order valence-corrected chi connectivity index (χ0v) is 8.24. The monoisotopic (exact) mass is 206 g/mol. The molecule has 0 spiro atoms. The van der Waals surface area contributed by atoms with Gasteiger partial charge >= 0.3 is 0 Å². The third-order valence-electron chi connectivity index (χ3n) is 1.90. The van der Waals surface area contributed by atoms with Gasteiger partial charge < -0.3 is 0 Å². The van der Waals surface area contributed by atoms with E-state index in [-0.39, 0.29) is 6.04 Å². The van der Waals surface area contributed by atoms with Crippen molar-refractivity contribution < 1.29 is 0 Å². The highest BCUT2D eigenvalue weighted by atomic mass is 32.1. The predicted molar refractivity (Wildman–Crippen MR) is 55.5 cm³/mol. The molecule has 0 saturated carbocycles. The Hall–Kier alpha value is -1.30. The smallest absolute Gasteiger partial charge is 0.106 e. The molecule has 14 heavy (non-hydrogen) atoms. The van der Waals surface area contributed by atoms with Crippen molar-refractivity contribution >= 4 is 11.3 Å². The van der Waals surface area contributed by atoms with Gasteiger partial charge in [-0.2, -0.15) is 0 Å². The summed E-state index contributed by atoms with van der Waals surface area (Å²) >= 11 is 1.54. The lowest BCUT2D eigenvalue weighted by Gasteiger charge is -2.11. The first-order valence-corrected chi connectivity index (χ1v) is 5.11. The molecule has 0 bridgehead atoms. The quantitative estimate of drug-likeness (QED) is 0.583. The van der Waals surface area contributed by atoms with Gasteiger partial charge in [0.25, 0.3) is 0 Å². The minimum atomic E-state index is -0.123. The first kappa shape index (κ1) is 9.26. The molecule has 2 heterocycles. The second-order valence-corrected chi connectivity index (χ2v) is 3.49. The van der Waals surface area contributed by atoms with Crippen molar-refractivity contribution in [3.63, 3.8) is 0 Å². The Bertz CT molecular complexity index is 373. The Morgan fingerprint density at radius 3 is 2.79 bits per heavy atom. The van der Waals surface area contributed by atoms with E-state index in [2.05, 4.69) is 15.4 Å². The van der Waals surface area contributed by atoms with Crippen molar-refractivity contribution in [1.29, 1.82) is 0 Å². The van der Waals surface area contributed by atoms with Gasteiger partial charge in [0.2, 0.25) is 0 Å². The molecule has 0 aliphatic rings. The van der Waals surface area contributed by atoms with Crippen molar-refractivity contribution in [2.45, 2.75) is 6.04 Å². The maximum absolute atomic E-state index is 5.47. The highest BCUT2D eigenvalue weighted by Crippen LogP contribution is 2.18. The Morgan fingerprint density at radius 1 is 1.29 bits per heavy atom. The number of hydrogen-bond acceptors (Lipinski definition) is 5. The van der Waals surface area contributed by atoms with E-state index in [9.17, 15) is 0 Å². The van der Waals surface area contributed by atoms with Crippen LogP contribution in [0.1, 0.15) is 17.4 Å². The fourth-order valence-corrected chi connectivity index (χ4v) is 1.81. The summed E-state index contributed by atoms with van der Waals surface area (Å²) in [5.74, 6) is 5.47. The third kappa shape index (κ3) is 1.79. The predicted octanol–water partition coefficient (Wildman–Crippen LogP) is 1.09. The number of nitrogens with two attached hydrogens (primary N) is 1. The summed E-state index contributed by atoms with van der Waals surface area (Å²) in [5, 5.41) is 1.96. The number of thiazole rings is 1. The highest BCUT2D eigenvalue weighted by Gasteiger charge is 2.14. The van der Waals surface area contributed by atoms with Crippen LogP contribution in [0.25, 0.3) is 0 Å². The second-order valence-electron chi connectivity index (χ2n) is 2.77. The van der Waals surface area contributed by atoms with Crippen molar-refractivity contribution in [2.75, 3.05) is 0 Å². The van der Waals surface area contributed by atoms with E-state index in [1.54, 1.807) is 23.0 Å². The topological polar surface area (TPSA) is 63.8 Å². The lowest BCUT2D eigenvalue weighted by Crippen LogP contribution is -2.29. The van der Waals surface area contributed by atoms with Gasteiger partial charge in [-0.15, -0.1) is 11.3 Å². The number of rotatable bonds is 3. The molecule has 0 fully saturated rings. The molecule has 0 aromatic carbocycles. The Balaban J connectivity index is 2.31. The first-order chi connectivity index (χ1) is 6.92. The molecule has 1 unspecified atom stereocenters. The summed E-state index contributed by atoms with van der Waals surface area (Å²) in [6.45, 7) is 0. The molecule has 5 heteroatoms. The molecule has 0 radical (unpaired) electrons. The molecule has 72 valence electrons. The summed E-state index contributed by atoms with van der Waals surface area (Å²) in [6, 6.07) is 5.60. The van der Waals surface area contributed by atoms with Gasteiger partial charge in [-0.25, -0.2) is 10.4 Å². The largest absolute Gasteiger partial charge is 0.270 e. The van der Waals surface area contributed by atoms with Crippen molar-refractivity contribution in [3.8, 4) is 0 Å². The van der Waals surface area contributed by atoms with E-state index in [4.69, 9.17) is 5.84 Å². The number of nitrogens with one attached hydrogen (secondary N) is 1. The van der Waals surface area contributed by atoms with Crippen molar-refractivity contribution in [1.82, 2.24) is 15.4 Å². The zero-order chi connectivity index (χ0) is 9.80. The van der Waals surface area contributed by atoms with Crippen LogP contribution in [0.15, 0.2) is 35.3 Å². The van der Waals surface area contributed by atoms with Gasteiger partial charge in [-0.3, -0.25) is 10.8 Å². The van der Waals surface area contributed by atoms with E-state index in [1.807, 2.05) is 23.6 Å². The van der Waals surface area contributed by atoms with E-state index in [0.29, 0.717) is 0 Å². The molecule has 2 aromatic heterocycles. The normalized spacial score (nSPS) is 12.6. The van der Waals surface area contributed by atoms with Crippen molar-refractivity contribution in [3.05, 3.63) is 46.7 Å². The second kappa shape index (κ2) is 4.28. The fraction of sp³-hybridized carbons (Fsp3) is 0.111. The molecule has 0 aliphatic carbocycles. The molecule has 3 N–H and O–H groups in total. The van der Waals surface area contributed by atoms with Gasteiger partial charge in [0.15, 0.2) is 0 Å². The number of aromatic nitrogens is 2. The van der Waals surface area contributed by atoms with Crippen LogP contribution in [-0.2, 0) is 0 Å².